The fourth-order valence-electron chi connectivity index (χ4n) is 2.86. The summed E-state index contributed by atoms with van der Waals surface area (Å²) in [5.41, 5.74) is 7.09. The standard InChI is InChI=1S/C13H22N2O/c1-10(12-6-7-16-9-12)15(2)13-5-3-4-11(13)8-14/h6-7,9-11,13H,3-5,8,14H2,1-2H3. The number of nitrogens with two attached hydrogens (primary N) is 1. The van der Waals surface area contributed by atoms with Gasteiger partial charge in [0, 0.05) is 17.6 Å². The predicted molar refractivity (Wildman–Crippen MR) is 65.1 cm³/mol. The molecular weight excluding hydrogens is 200 g/mol. The van der Waals surface area contributed by atoms with Gasteiger partial charge in [0.05, 0.1) is 12.5 Å². The van der Waals surface area contributed by atoms with Crippen LogP contribution in [0, 0.1) is 5.92 Å². The second-order valence-corrected chi connectivity index (χ2v) is 4.89. The molecule has 0 saturated heterocycles. The first-order chi connectivity index (χ1) is 7.74. The van der Waals surface area contributed by atoms with E-state index in [0.717, 1.165) is 6.54 Å². The Morgan fingerprint density at radius 1 is 1.56 bits per heavy atom. The molecule has 1 aliphatic rings. The average Bonchev–Trinajstić information content (AvgIpc) is 2.97. The van der Waals surface area contributed by atoms with Crippen molar-refractivity contribution < 1.29 is 4.42 Å². The molecule has 1 saturated carbocycles. The lowest BCUT2D eigenvalue weighted by Gasteiger charge is -2.33. The molecule has 0 aromatic carbocycles. The molecular formula is C13H22N2O. The molecule has 3 unspecified atom stereocenters. The zero-order chi connectivity index (χ0) is 11.5. The molecule has 0 bridgehead atoms. The van der Waals surface area contributed by atoms with Gasteiger partial charge in [-0.25, -0.2) is 0 Å². The Bertz CT molecular complexity index is 310. The minimum atomic E-state index is 0.413. The molecule has 0 aliphatic heterocycles. The van der Waals surface area contributed by atoms with Gasteiger partial charge in [-0.05, 0) is 45.3 Å². The highest BCUT2D eigenvalue weighted by Gasteiger charge is 2.31. The van der Waals surface area contributed by atoms with Gasteiger partial charge in [-0.3, -0.25) is 4.90 Å². The molecule has 1 aromatic rings. The van der Waals surface area contributed by atoms with Crippen molar-refractivity contribution >= 4 is 0 Å². The highest BCUT2D eigenvalue weighted by molar-refractivity contribution is 5.11. The summed E-state index contributed by atoms with van der Waals surface area (Å²) >= 11 is 0. The minimum absolute atomic E-state index is 0.413. The van der Waals surface area contributed by atoms with E-state index >= 15 is 0 Å². The molecule has 16 heavy (non-hydrogen) atoms. The van der Waals surface area contributed by atoms with Crippen molar-refractivity contribution in [2.24, 2.45) is 11.7 Å². The summed E-state index contributed by atoms with van der Waals surface area (Å²) in [5, 5.41) is 0. The van der Waals surface area contributed by atoms with Crippen LogP contribution in [-0.4, -0.2) is 24.5 Å². The highest BCUT2D eigenvalue weighted by atomic mass is 16.3. The molecule has 0 amide bonds. The summed E-state index contributed by atoms with van der Waals surface area (Å²) in [5.74, 6) is 0.666. The van der Waals surface area contributed by atoms with Gasteiger partial charge < -0.3 is 10.2 Å². The second-order valence-electron chi connectivity index (χ2n) is 4.89. The summed E-state index contributed by atoms with van der Waals surface area (Å²) in [4.78, 5) is 2.45. The molecule has 3 atom stereocenters. The topological polar surface area (TPSA) is 42.4 Å². The molecule has 3 nitrogen and oxygen atoms in total. The quantitative estimate of drug-likeness (QED) is 0.850. The number of rotatable bonds is 4. The summed E-state index contributed by atoms with van der Waals surface area (Å²) in [6.07, 6.45) is 7.46. The second kappa shape index (κ2) is 5.02. The first-order valence-corrected chi connectivity index (χ1v) is 6.18. The van der Waals surface area contributed by atoms with Crippen molar-refractivity contribution in [1.29, 1.82) is 0 Å². The lowest BCUT2D eigenvalue weighted by Crippen LogP contribution is -2.39. The van der Waals surface area contributed by atoms with Crippen LogP contribution < -0.4 is 5.73 Å². The van der Waals surface area contributed by atoms with E-state index in [1.54, 1.807) is 6.26 Å². The number of nitrogens with zero attached hydrogens (tertiary/aromatic N) is 1. The minimum Gasteiger partial charge on any atom is -0.472 e. The maximum Gasteiger partial charge on any atom is 0.0950 e. The predicted octanol–water partition coefficient (Wildman–Crippen LogP) is 2.40. The lowest BCUT2D eigenvalue weighted by molar-refractivity contribution is 0.152. The zero-order valence-electron chi connectivity index (χ0n) is 10.2. The smallest absolute Gasteiger partial charge is 0.0950 e. The van der Waals surface area contributed by atoms with E-state index in [0.29, 0.717) is 18.0 Å². The maximum atomic E-state index is 5.84. The molecule has 1 aliphatic carbocycles. The zero-order valence-corrected chi connectivity index (χ0v) is 10.2. The van der Waals surface area contributed by atoms with Gasteiger partial charge in [0.1, 0.15) is 0 Å². The van der Waals surface area contributed by atoms with E-state index < -0.39 is 0 Å². The van der Waals surface area contributed by atoms with E-state index in [2.05, 4.69) is 18.9 Å². The summed E-state index contributed by atoms with van der Waals surface area (Å²) in [6, 6.07) is 3.10. The van der Waals surface area contributed by atoms with Gasteiger partial charge in [0.2, 0.25) is 0 Å². The van der Waals surface area contributed by atoms with Crippen LogP contribution in [0.3, 0.4) is 0 Å². The van der Waals surface area contributed by atoms with Crippen molar-refractivity contribution in [3.8, 4) is 0 Å². The largest absolute Gasteiger partial charge is 0.472 e. The highest BCUT2D eigenvalue weighted by Crippen LogP contribution is 2.33. The van der Waals surface area contributed by atoms with Crippen LogP contribution in [0.25, 0.3) is 0 Å². The Morgan fingerprint density at radius 3 is 3.00 bits per heavy atom. The molecule has 1 aromatic heterocycles. The fourth-order valence-corrected chi connectivity index (χ4v) is 2.86. The van der Waals surface area contributed by atoms with Crippen LogP contribution in [0.5, 0.6) is 0 Å². The molecule has 1 heterocycles. The fraction of sp³-hybridized carbons (Fsp3) is 0.692. The van der Waals surface area contributed by atoms with E-state index in [4.69, 9.17) is 10.2 Å². The average molecular weight is 222 g/mol. The molecule has 2 rings (SSSR count). The summed E-state index contributed by atoms with van der Waals surface area (Å²) in [7, 11) is 2.20. The Morgan fingerprint density at radius 2 is 2.38 bits per heavy atom. The number of hydrogen-bond acceptors (Lipinski definition) is 3. The van der Waals surface area contributed by atoms with Crippen LogP contribution >= 0.6 is 0 Å². The Labute approximate surface area is 97.6 Å². The third-order valence-corrected chi connectivity index (χ3v) is 4.08. The van der Waals surface area contributed by atoms with Gasteiger partial charge in [0.15, 0.2) is 0 Å². The Kier molecular flexibility index (Phi) is 3.66. The first kappa shape index (κ1) is 11.7. The van der Waals surface area contributed by atoms with Crippen LogP contribution in [-0.2, 0) is 0 Å². The van der Waals surface area contributed by atoms with Gasteiger partial charge in [-0.15, -0.1) is 0 Å². The van der Waals surface area contributed by atoms with Gasteiger partial charge in [-0.1, -0.05) is 6.42 Å². The van der Waals surface area contributed by atoms with Crippen LogP contribution in [0.4, 0.5) is 0 Å². The molecule has 90 valence electrons. The van der Waals surface area contributed by atoms with E-state index in [1.807, 2.05) is 12.3 Å². The summed E-state index contributed by atoms with van der Waals surface area (Å²) < 4.78 is 5.15. The van der Waals surface area contributed by atoms with Crippen molar-refractivity contribution in [2.75, 3.05) is 13.6 Å². The van der Waals surface area contributed by atoms with E-state index in [-0.39, 0.29) is 0 Å². The van der Waals surface area contributed by atoms with Crippen LogP contribution in [0.15, 0.2) is 23.0 Å². The van der Waals surface area contributed by atoms with Crippen LogP contribution in [0.2, 0.25) is 0 Å². The number of furan rings is 1. The summed E-state index contributed by atoms with van der Waals surface area (Å²) in [6.45, 7) is 3.05. The normalized spacial score (nSPS) is 27.5. The van der Waals surface area contributed by atoms with Crippen LogP contribution in [0.1, 0.15) is 37.8 Å². The SMILES string of the molecule is CC(c1ccoc1)N(C)C1CCCC1CN. The van der Waals surface area contributed by atoms with Gasteiger partial charge in [0.25, 0.3) is 0 Å². The van der Waals surface area contributed by atoms with Crippen molar-refractivity contribution in [1.82, 2.24) is 4.90 Å². The molecule has 2 N–H and O–H groups in total. The Hall–Kier alpha value is -0.800. The Balaban J connectivity index is 2.04. The monoisotopic (exact) mass is 222 g/mol. The third kappa shape index (κ3) is 2.15. The van der Waals surface area contributed by atoms with Crippen molar-refractivity contribution in [2.45, 2.75) is 38.3 Å². The lowest BCUT2D eigenvalue weighted by atomic mass is 10.00. The first-order valence-electron chi connectivity index (χ1n) is 6.18. The van der Waals surface area contributed by atoms with Crippen molar-refractivity contribution in [3.63, 3.8) is 0 Å². The van der Waals surface area contributed by atoms with Gasteiger partial charge >= 0.3 is 0 Å². The van der Waals surface area contributed by atoms with E-state index in [1.165, 1.54) is 24.8 Å². The molecule has 3 heteroatoms. The van der Waals surface area contributed by atoms with E-state index in [9.17, 15) is 0 Å². The third-order valence-electron chi connectivity index (χ3n) is 4.08. The number of hydrogen-bond donors (Lipinski definition) is 1. The van der Waals surface area contributed by atoms with Gasteiger partial charge in [-0.2, -0.15) is 0 Å². The van der Waals surface area contributed by atoms with Crippen molar-refractivity contribution in [3.05, 3.63) is 24.2 Å². The molecule has 1 fully saturated rings. The molecule has 0 radical (unpaired) electrons. The maximum absolute atomic E-state index is 5.84. The molecule has 0 spiro atoms.